The van der Waals surface area contributed by atoms with E-state index in [4.69, 9.17) is 4.31 Å². The van der Waals surface area contributed by atoms with E-state index in [9.17, 15) is 14.4 Å². The Morgan fingerprint density at radius 2 is 1.00 bits per heavy atom. The summed E-state index contributed by atoms with van der Waals surface area (Å²) in [5.74, 6) is 0. The Hall–Kier alpha value is -1.80. The maximum atomic E-state index is 12.8. The summed E-state index contributed by atoms with van der Waals surface area (Å²) in [5.41, 5.74) is -0.0201. The normalized spacial score (nSPS) is 17.4. The summed E-state index contributed by atoms with van der Waals surface area (Å²) >= 11 is 0. The molecule has 0 aromatic heterocycles. The summed E-state index contributed by atoms with van der Waals surface area (Å²) in [6, 6.07) is 29.5. The average Bonchev–Trinajstić information content (AvgIpc) is 3.09. The molecule has 31 heavy (non-hydrogen) atoms. The number of hydrogen-bond acceptors (Lipinski definition) is 2. The van der Waals surface area contributed by atoms with Crippen LogP contribution in [-0.2, 0) is 8.88 Å². The van der Waals surface area contributed by atoms with E-state index in [0.717, 1.165) is 54.4 Å². The van der Waals surface area contributed by atoms with Crippen LogP contribution < -0.4 is 15.9 Å². The van der Waals surface area contributed by atoms with Gasteiger partial charge in [-0.3, -0.25) is 0 Å². The molecule has 0 atom stereocenters. The molecule has 0 bridgehead atoms. The van der Waals surface area contributed by atoms with Gasteiger partial charge in [0.1, 0.15) is 0 Å². The molecule has 0 unspecified atom stereocenters. The van der Waals surface area contributed by atoms with Crippen LogP contribution in [0.1, 0.15) is 38.5 Å². The van der Waals surface area contributed by atoms with Crippen LogP contribution in [0.15, 0.2) is 91.0 Å². The van der Waals surface area contributed by atoms with E-state index < -0.39 is 14.7 Å². The molecule has 0 radical (unpaired) electrons. The van der Waals surface area contributed by atoms with Crippen LogP contribution in [0, 0.1) is 0 Å². The predicted molar refractivity (Wildman–Crippen MR) is 130 cm³/mol. The van der Waals surface area contributed by atoms with Gasteiger partial charge >= 0.3 is 184 Å². The summed E-state index contributed by atoms with van der Waals surface area (Å²) in [7, 11) is -4.87. The maximum absolute atomic E-state index is 12.8. The molecule has 2 N–H and O–H groups in total. The number of phosphoric acid groups is 1. The third-order valence-corrected chi connectivity index (χ3v) is 14.7. The van der Waals surface area contributed by atoms with Crippen molar-refractivity contribution in [1.29, 1.82) is 0 Å². The minimum atomic E-state index is -4.87. The second-order valence-electron chi connectivity index (χ2n) is 8.33. The fourth-order valence-electron chi connectivity index (χ4n) is 5.43. The first kappa shape index (κ1) is 22.4. The molecular formula is C25H30O4P2. The Morgan fingerprint density at radius 1 is 0.645 bits per heavy atom. The van der Waals surface area contributed by atoms with Gasteiger partial charge in [0.05, 0.1) is 0 Å². The molecule has 0 spiro atoms. The van der Waals surface area contributed by atoms with Gasteiger partial charge in [0.25, 0.3) is 0 Å². The molecule has 1 fully saturated rings. The molecule has 6 heteroatoms. The van der Waals surface area contributed by atoms with Gasteiger partial charge in [0.2, 0.25) is 0 Å². The Kier molecular flexibility index (Phi) is 6.49. The number of hydrogen-bond donors (Lipinski definition) is 2. The van der Waals surface area contributed by atoms with Crippen LogP contribution in [0.25, 0.3) is 0 Å². The Balaban J connectivity index is 2.21. The Morgan fingerprint density at radius 3 is 1.32 bits per heavy atom. The van der Waals surface area contributed by atoms with Gasteiger partial charge in [0, 0.05) is 0 Å². The van der Waals surface area contributed by atoms with Gasteiger partial charge in [-0.15, -0.1) is 0 Å². The fraction of sp³-hybridized carbons (Fsp3) is 0.280. The van der Waals surface area contributed by atoms with Crippen LogP contribution in [0.5, 0.6) is 0 Å². The topological polar surface area (TPSA) is 66.8 Å². The minimum absolute atomic E-state index is 0.0201. The fourth-order valence-corrected chi connectivity index (χ4v) is 14.7. The van der Waals surface area contributed by atoms with Crippen LogP contribution in [0.4, 0.5) is 0 Å². The molecule has 1 aliphatic carbocycles. The van der Waals surface area contributed by atoms with Crippen LogP contribution >= 0.6 is 14.7 Å². The van der Waals surface area contributed by atoms with Crippen molar-refractivity contribution in [3.8, 4) is 0 Å². The molecule has 4 rings (SSSR count). The number of benzene rings is 3. The van der Waals surface area contributed by atoms with E-state index in [2.05, 4.69) is 0 Å². The molecule has 1 saturated carbocycles. The van der Waals surface area contributed by atoms with Crippen molar-refractivity contribution in [2.24, 2.45) is 0 Å². The van der Waals surface area contributed by atoms with E-state index in [-0.39, 0.29) is 5.66 Å². The summed E-state index contributed by atoms with van der Waals surface area (Å²) in [6.07, 6.45) is 6.07. The zero-order chi connectivity index (χ0) is 21.8. The SMILES string of the molecule is O=P(O)(O)OP(c1ccccc1)(c1ccccc1)(c1ccccc1)C1CCCCCC1. The average molecular weight is 456 g/mol. The van der Waals surface area contributed by atoms with Crippen molar-refractivity contribution < 1.29 is 18.7 Å². The molecule has 3 aromatic rings. The quantitative estimate of drug-likeness (QED) is 0.392. The van der Waals surface area contributed by atoms with Crippen molar-refractivity contribution in [1.82, 2.24) is 0 Å². The monoisotopic (exact) mass is 456 g/mol. The van der Waals surface area contributed by atoms with Crippen LogP contribution in [0.2, 0.25) is 0 Å². The van der Waals surface area contributed by atoms with Gasteiger partial charge in [-0.05, 0) is 0 Å². The van der Waals surface area contributed by atoms with Crippen LogP contribution in [0.3, 0.4) is 0 Å². The van der Waals surface area contributed by atoms with E-state index in [1.165, 1.54) is 0 Å². The van der Waals surface area contributed by atoms with Gasteiger partial charge in [-0.1, -0.05) is 0 Å². The molecular weight excluding hydrogens is 426 g/mol. The summed E-state index contributed by atoms with van der Waals surface area (Å²) in [4.78, 5) is 20.8. The third kappa shape index (κ3) is 3.93. The zero-order valence-electron chi connectivity index (χ0n) is 17.6. The van der Waals surface area contributed by atoms with Crippen molar-refractivity contribution in [3.05, 3.63) is 91.0 Å². The zero-order valence-corrected chi connectivity index (χ0v) is 19.4. The van der Waals surface area contributed by atoms with E-state index in [0.29, 0.717) is 0 Å². The van der Waals surface area contributed by atoms with Gasteiger partial charge in [-0.2, -0.15) is 0 Å². The molecule has 0 saturated heterocycles. The molecule has 0 aliphatic heterocycles. The summed E-state index contributed by atoms with van der Waals surface area (Å²) in [6.45, 7) is -4.03. The van der Waals surface area contributed by atoms with Crippen molar-refractivity contribution in [3.63, 3.8) is 0 Å². The first-order chi connectivity index (χ1) is 15.0. The first-order valence-electron chi connectivity index (χ1n) is 10.9. The van der Waals surface area contributed by atoms with Crippen LogP contribution in [-0.4, -0.2) is 15.4 Å². The molecule has 164 valence electrons. The van der Waals surface area contributed by atoms with E-state index in [1.54, 1.807) is 0 Å². The predicted octanol–water partition coefficient (Wildman–Crippen LogP) is 5.26. The summed E-state index contributed by atoms with van der Waals surface area (Å²) < 4.78 is 19.2. The van der Waals surface area contributed by atoms with Crippen molar-refractivity contribution in [2.75, 3.05) is 0 Å². The van der Waals surface area contributed by atoms with Gasteiger partial charge < -0.3 is 0 Å². The summed E-state index contributed by atoms with van der Waals surface area (Å²) in [5, 5.41) is 2.63. The molecule has 4 nitrogen and oxygen atoms in total. The second kappa shape index (κ2) is 8.98. The van der Waals surface area contributed by atoms with Crippen molar-refractivity contribution in [2.45, 2.75) is 44.2 Å². The third-order valence-electron chi connectivity index (χ3n) is 6.60. The van der Waals surface area contributed by atoms with E-state index in [1.807, 2.05) is 91.0 Å². The van der Waals surface area contributed by atoms with Crippen molar-refractivity contribution >= 4 is 30.6 Å². The second-order valence-corrected chi connectivity index (χ2v) is 14.4. The van der Waals surface area contributed by atoms with Gasteiger partial charge in [-0.25, -0.2) is 0 Å². The van der Waals surface area contributed by atoms with E-state index >= 15 is 0 Å². The first-order valence-corrected chi connectivity index (χ1v) is 14.7. The molecule has 0 heterocycles. The molecule has 0 amide bonds. The standard InChI is InChI=1S/C25H30O4P2/c26-30(27,28)29-31(23-16-8-3-9-17-23,24-18-10-4-11-19-24,25-20-12-5-13-21-25)22-14-6-1-2-7-15-22/h3-5,8-13,16-22H,1-2,6-7,14-15H2,(H2,26,27,28). The molecule has 1 aliphatic rings. The Labute approximate surface area is 184 Å². The Bertz CT molecular complexity index is 927. The molecule has 3 aromatic carbocycles. The van der Waals surface area contributed by atoms with Gasteiger partial charge in [0.15, 0.2) is 0 Å². The number of rotatable bonds is 6.